The van der Waals surface area contributed by atoms with E-state index in [4.69, 9.17) is 6.11 Å². The zero-order valence-electron chi connectivity index (χ0n) is 7.42. The Morgan fingerprint density at radius 1 is 1.11 bits per heavy atom. The smallest absolute Gasteiger partial charge is 0.0579 e. The summed E-state index contributed by atoms with van der Waals surface area (Å²) in [7, 11) is 0. The molecule has 0 aliphatic carbocycles. The van der Waals surface area contributed by atoms with Gasteiger partial charge in [0.15, 0.2) is 0 Å². The van der Waals surface area contributed by atoms with E-state index in [2.05, 4.69) is 20.8 Å². The van der Waals surface area contributed by atoms with E-state index in [0.717, 1.165) is 0 Å². The van der Waals surface area contributed by atoms with Crippen LogP contribution >= 0.6 is 0 Å². The van der Waals surface area contributed by atoms with Gasteiger partial charge < -0.3 is 4.74 Å². The zero-order chi connectivity index (χ0) is 7.72. The number of rotatable bonds is 0. The molecule has 1 rings (SSSR count). The van der Waals surface area contributed by atoms with Crippen LogP contribution < -0.4 is 0 Å². The van der Waals surface area contributed by atoms with Crippen molar-refractivity contribution in [2.45, 2.75) is 39.9 Å². The van der Waals surface area contributed by atoms with Crippen molar-refractivity contribution in [3.8, 4) is 0 Å². The van der Waals surface area contributed by atoms with Gasteiger partial charge in [-0.25, -0.2) is 0 Å². The molecule has 1 aliphatic heterocycles. The highest BCUT2D eigenvalue weighted by Gasteiger charge is 2.32. The Bertz CT molecular complexity index is 116. The molecule has 0 aromatic rings. The predicted octanol–water partition coefficient (Wildman–Crippen LogP) is 2.07. The van der Waals surface area contributed by atoms with Crippen LogP contribution in [0.1, 0.15) is 29.0 Å². The second-order valence-electron chi connectivity index (χ2n) is 3.10. The predicted molar refractivity (Wildman–Crippen MR) is 38.3 cm³/mol. The molecule has 1 heterocycles. The van der Waals surface area contributed by atoms with E-state index < -0.39 is 0 Å². The van der Waals surface area contributed by atoms with Crippen LogP contribution in [0.25, 0.3) is 0 Å². The molecular weight excluding hydrogens is 112 g/mol. The van der Waals surface area contributed by atoms with Gasteiger partial charge in [0, 0.05) is 1.37 Å². The van der Waals surface area contributed by atoms with Gasteiger partial charge in [0.2, 0.25) is 0 Å². The fourth-order valence-electron chi connectivity index (χ4n) is 1.29. The molecule has 0 saturated carbocycles. The lowest BCUT2D eigenvalue weighted by Crippen LogP contribution is -2.12. The SMILES string of the molecule is [2H]CC1OC(C)C(C)C1C. The molecule has 1 fully saturated rings. The summed E-state index contributed by atoms with van der Waals surface area (Å²) in [6, 6.07) is 0. The highest BCUT2D eigenvalue weighted by Crippen LogP contribution is 2.30. The van der Waals surface area contributed by atoms with Crippen LogP contribution in [0.2, 0.25) is 0 Å². The van der Waals surface area contributed by atoms with Crippen molar-refractivity contribution in [3.05, 3.63) is 0 Å². The van der Waals surface area contributed by atoms with Gasteiger partial charge in [0.05, 0.1) is 12.2 Å². The molecule has 0 radical (unpaired) electrons. The molecule has 54 valence electrons. The van der Waals surface area contributed by atoms with Crippen LogP contribution in [0.4, 0.5) is 0 Å². The van der Waals surface area contributed by atoms with E-state index in [9.17, 15) is 0 Å². The summed E-state index contributed by atoms with van der Waals surface area (Å²) in [6.07, 6.45) is 0.537. The molecule has 0 bridgehead atoms. The van der Waals surface area contributed by atoms with Crippen LogP contribution in [0.15, 0.2) is 0 Å². The highest BCUT2D eigenvalue weighted by molar-refractivity contribution is 4.80. The monoisotopic (exact) mass is 129 g/mol. The number of hydrogen-bond donors (Lipinski definition) is 0. The fraction of sp³-hybridized carbons (Fsp3) is 1.00. The first-order valence-corrected chi connectivity index (χ1v) is 3.61. The third-order valence-electron chi connectivity index (χ3n) is 2.55. The third kappa shape index (κ3) is 1.11. The molecule has 9 heavy (non-hydrogen) atoms. The van der Waals surface area contributed by atoms with E-state index >= 15 is 0 Å². The molecule has 1 heteroatoms. The second kappa shape index (κ2) is 2.30. The Hall–Kier alpha value is -0.0400. The van der Waals surface area contributed by atoms with Crippen molar-refractivity contribution in [3.63, 3.8) is 0 Å². The molecular formula is C8H16O. The molecule has 0 aromatic carbocycles. The molecule has 1 saturated heterocycles. The average molecular weight is 129 g/mol. The van der Waals surface area contributed by atoms with Gasteiger partial charge >= 0.3 is 0 Å². The van der Waals surface area contributed by atoms with Gasteiger partial charge in [0.25, 0.3) is 0 Å². The summed E-state index contributed by atoms with van der Waals surface area (Å²) in [5, 5.41) is 0. The Morgan fingerprint density at radius 2 is 1.67 bits per heavy atom. The average Bonchev–Trinajstić information content (AvgIpc) is 2.17. The van der Waals surface area contributed by atoms with Crippen molar-refractivity contribution in [2.24, 2.45) is 11.8 Å². The van der Waals surface area contributed by atoms with Crippen LogP contribution in [-0.4, -0.2) is 12.2 Å². The van der Waals surface area contributed by atoms with Gasteiger partial charge in [-0.15, -0.1) is 0 Å². The minimum atomic E-state index is 0.185. The molecule has 0 spiro atoms. The van der Waals surface area contributed by atoms with Crippen LogP contribution in [-0.2, 0) is 4.74 Å². The van der Waals surface area contributed by atoms with E-state index in [-0.39, 0.29) is 6.10 Å². The molecule has 1 nitrogen and oxygen atoms in total. The summed E-state index contributed by atoms with van der Waals surface area (Å²) in [6.45, 7) is 6.88. The van der Waals surface area contributed by atoms with Crippen molar-refractivity contribution in [1.82, 2.24) is 0 Å². The summed E-state index contributed by atoms with van der Waals surface area (Å²) in [5.41, 5.74) is 0. The van der Waals surface area contributed by atoms with E-state index in [1.54, 1.807) is 0 Å². The maximum absolute atomic E-state index is 7.19. The summed E-state index contributed by atoms with van der Waals surface area (Å²) in [5.74, 6) is 1.18. The molecule has 4 atom stereocenters. The Kier molecular flexibility index (Phi) is 1.46. The maximum Gasteiger partial charge on any atom is 0.0579 e. The van der Waals surface area contributed by atoms with E-state index in [1.165, 1.54) is 0 Å². The lowest BCUT2D eigenvalue weighted by atomic mass is 9.92. The lowest BCUT2D eigenvalue weighted by molar-refractivity contribution is 0.0524. The van der Waals surface area contributed by atoms with Crippen LogP contribution in [0.5, 0.6) is 0 Å². The van der Waals surface area contributed by atoms with E-state index in [0.29, 0.717) is 24.8 Å². The molecule has 4 unspecified atom stereocenters. The first kappa shape index (κ1) is 5.72. The van der Waals surface area contributed by atoms with Gasteiger partial charge in [-0.3, -0.25) is 0 Å². The number of ether oxygens (including phenoxy) is 1. The minimum Gasteiger partial charge on any atom is -0.375 e. The summed E-state index contributed by atoms with van der Waals surface area (Å²) >= 11 is 0. The van der Waals surface area contributed by atoms with Crippen molar-refractivity contribution in [1.29, 1.82) is 0 Å². The normalized spacial score (nSPS) is 53.4. The summed E-state index contributed by atoms with van der Waals surface area (Å²) in [4.78, 5) is 0. The third-order valence-corrected chi connectivity index (χ3v) is 2.55. The number of hydrogen-bond acceptors (Lipinski definition) is 1. The van der Waals surface area contributed by atoms with Gasteiger partial charge in [-0.05, 0) is 25.7 Å². The zero-order valence-corrected chi connectivity index (χ0v) is 6.42. The van der Waals surface area contributed by atoms with Gasteiger partial charge in [-0.2, -0.15) is 0 Å². The molecule has 0 aromatic heterocycles. The first-order valence-electron chi connectivity index (χ1n) is 4.32. The second-order valence-corrected chi connectivity index (χ2v) is 3.10. The maximum atomic E-state index is 7.19. The Balaban J connectivity index is 2.53. The topological polar surface area (TPSA) is 9.23 Å². The molecule has 0 amide bonds. The van der Waals surface area contributed by atoms with Crippen molar-refractivity contribution in [2.75, 3.05) is 0 Å². The van der Waals surface area contributed by atoms with Crippen LogP contribution in [0.3, 0.4) is 0 Å². The molecule has 1 aliphatic rings. The summed E-state index contributed by atoms with van der Waals surface area (Å²) < 4.78 is 12.7. The fourth-order valence-corrected chi connectivity index (χ4v) is 1.29. The quantitative estimate of drug-likeness (QED) is 0.486. The lowest BCUT2D eigenvalue weighted by Gasteiger charge is -2.10. The van der Waals surface area contributed by atoms with Crippen molar-refractivity contribution >= 4 is 0 Å². The molecule has 0 N–H and O–H groups in total. The highest BCUT2D eigenvalue weighted by atomic mass is 16.5. The minimum absolute atomic E-state index is 0.185. The largest absolute Gasteiger partial charge is 0.375 e. The van der Waals surface area contributed by atoms with Crippen LogP contribution in [0, 0.1) is 11.8 Å². The van der Waals surface area contributed by atoms with Gasteiger partial charge in [0.1, 0.15) is 0 Å². The van der Waals surface area contributed by atoms with Crippen molar-refractivity contribution < 1.29 is 6.11 Å². The Morgan fingerprint density at radius 3 is 1.89 bits per heavy atom. The van der Waals surface area contributed by atoms with E-state index in [1.807, 2.05) is 0 Å². The standard InChI is InChI=1S/C8H16O/c1-5-6(2)8(4)9-7(5)3/h5-8H,1-4H3/i3D. The first-order chi connectivity index (χ1) is 4.66. The van der Waals surface area contributed by atoms with Gasteiger partial charge in [-0.1, -0.05) is 13.8 Å². The Labute approximate surface area is 58.8 Å².